The van der Waals surface area contributed by atoms with E-state index in [2.05, 4.69) is 19.0 Å². The van der Waals surface area contributed by atoms with Crippen molar-refractivity contribution < 1.29 is 18.0 Å². The first-order valence-electron chi connectivity index (χ1n) is 11.6. The standard InChI is InChI=1S/C24H36N2O4S/c1-3-4-6-11-20(2)30-25-23(27)21-12-7-8-13-22(21)31(28,29)26-18-16-24(17-19-26)14-9-5-10-15-24/h7-8,12-13H,2-6,9-11,14-19H2,1H3,(H,25,27). The highest BCUT2D eigenvalue weighted by Crippen LogP contribution is 2.45. The summed E-state index contributed by atoms with van der Waals surface area (Å²) < 4.78 is 28.3. The molecule has 3 rings (SSSR count). The van der Waals surface area contributed by atoms with E-state index in [-0.39, 0.29) is 10.5 Å². The van der Waals surface area contributed by atoms with Gasteiger partial charge in [-0.1, -0.05) is 57.7 Å². The van der Waals surface area contributed by atoms with Crippen molar-refractivity contribution in [1.29, 1.82) is 0 Å². The normalized spacial score (nSPS) is 19.1. The van der Waals surface area contributed by atoms with Crippen molar-refractivity contribution in [2.45, 2.75) is 82.4 Å². The summed E-state index contributed by atoms with van der Waals surface area (Å²) in [5, 5.41) is 0. The van der Waals surface area contributed by atoms with E-state index in [0.29, 0.717) is 30.7 Å². The predicted octanol–water partition coefficient (Wildman–Crippen LogP) is 5.18. The van der Waals surface area contributed by atoms with E-state index in [1.54, 1.807) is 16.4 Å². The third-order valence-electron chi connectivity index (χ3n) is 6.79. The first-order chi connectivity index (χ1) is 14.9. The molecular formula is C24H36N2O4S. The van der Waals surface area contributed by atoms with Crippen LogP contribution in [0.25, 0.3) is 0 Å². The number of unbranched alkanes of at least 4 members (excludes halogenated alkanes) is 2. The largest absolute Gasteiger partial charge is 0.384 e. The van der Waals surface area contributed by atoms with Crippen LogP contribution >= 0.6 is 0 Å². The molecule has 0 radical (unpaired) electrons. The van der Waals surface area contributed by atoms with E-state index >= 15 is 0 Å². The van der Waals surface area contributed by atoms with Crippen molar-refractivity contribution in [3.8, 4) is 0 Å². The Hall–Kier alpha value is -1.86. The lowest BCUT2D eigenvalue weighted by Crippen LogP contribution is -2.44. The van der Waals surface area contributed by atoms with E-state index < -0.39 is 15.9 Å². The molecule has 1 saturated heterocycles. The number of hydrogen-bond donors (Lipinski definition) is 1. The van der Waals surface area contributed by atoms with Crippen LogP contribution in [-0.2, 0) is 14.9 Å². The quantitative estimate of drug-likeness (QED) is 0.321. The molecule has 0 unspecified atom stereocenters. The number of rotatable bonds is 9. The van der Waals surface area contributed by atoms with Gasteiger partial charge in [-0.3, -0.25) is 4.79 Å². The van der Waals surface area contributed by atoms with Gasteiger partial charge in [-0.15, -0.1) is 0 Å². The summed E-state index contributed by atoms with van der Waals surface area (Å²) in [6, 6.07) is 6.35. The van der Waals surface area contributed by atoms with Crippen molar-refractivity contribution in [2.24, 2.45) is 5.41 Å². The number of nitrogens with zero attached hydrogens (tertiary/aromatic N) is 1. The van der Waals surface area contributed by atoms with Crippen LogP contribution in [0.4, 0.5) is 0 Å². The smallest absolute Gasteiger partial charge is 0.285 e. The fourth-order valence-corrected chi connectivity index (χ4v) is 6.45. The molecule has 1 aliphatic heterocycles. The predicted molar refractivity (Wildman–Crippen MR) is 122 cm³/mol. The van der Waals surface area contributed by atoms with Crippen LogP contribution in [0.2, 0.25) is 0 Å². The van der Waals surface area contributed by atoms with E-state index in [1.165, 1.54) is 44.2 Å². The molecule has 1 heterocycles. The summed E-state index contributed by atoms with van der Waals surface area (Å²) in [6.45, 7) is 6.96. The maximum absolute atomic E-state index is 13.4. The summed E-state index contributed by atoms with van der Waals surface area (Å²) in [7, 11) is -3.75. The van der Waals surface area contributed by atoms with Crippen molar-refractivity contribution in [1.82, 2.24) is 9.79 Å². The number of hydroxylamine groups is 1. The Balaban J connectivity index is 1.66. The molecule has 2 aliphatic rings. The zero-order chi connectivity index (χ0) is 22.3. The molecule has 31 heavy (non-hydrogen) atoms. The second-order valence-electron chi connectivity index (χ2n) is 8.99. The van der Waals surface area contributed by atoms with Crippen LogP contribution in [-0.4, -0.2) is 31.7 Å². The third kappa shape index (κ3) is 5.89. The Kier molecular flexibility index (Phi) is 8.17. The number of amides is 1. The number of sulfonamides is 1. The molecule has 2 fully saturated rings. The van der Waals surface area contributed by atoms with Crippen LogP contribution in [0, 0.1) is 5.41 Å². The fraction of sp³-hybridized carbons (Fsp3) is 0.625. The lowest BCUT2D eigenvalue weighted by molar-refractivity contribution is 0.0559. The first kappa shape index (κ1) is 23.8. The average molecular weight is 449 g/mol. The molecule has 1 N–H and O–H groups in total. The second-order valence-corrected chi connectivity index (χ2v) is 10.9. The highest BCUT2D eigenvalue weighted by Gasteiger charge is 2.39. The highest BCUT2D eigenvalue weighted by atomic mass is 32.2. The molecule has 1 saturated carbocycles. The summed E-state index contributed by atoms with van der Waals surface area (Å²) in [4.78, 5) is 18.0. The van der Waals surface area contributed by atoms with Crippen LogP contribution in [0.5, 0.6) is 0 Å². The Morgan fingerprint density at radius 2 is 1.77 bits per heavy atom. The number of carbonyl (C=O) groups is 1. The number of piperidine rings is 1. The molecule has 172 valence electrons. The number of allylic oxidation sites excluding steroid dienone is 1. The van der Waals surface area contributed by atoms with Crippen LogP contribution in [0.3, 0.4) is 0 Å². The topological polar surface area (TPSA) is 75.7 Å². The number of hydrogen-bond acceptors (Lipinski definition) is 4. The van der Waals surface area contributed by atoms with Gasteiger partial charge >= 0.3 is 0 Å². The molecule has 0 aromatic heterocycles. The molecule has 1 amide bonds. The van der Waals surface area contributed by atoms with Gasteiger partial charge in [0.1, 0.15) is 5.76 Å². The Labute approximate surface area is 187 Å². The van der Waals surface area contributed by atoms with Crippen molar-refractivity contribution in [3.05, 3.63) is 42.2 Å². The molecule has 6 nitrogen and oxygen atoms in total. The third-order valence-corrected chi connectivity index (χ3v) is 8.75. The van der Waals surface area contributed by atoms with Gasteiger partial charge in [0.15, 0.2) is 0 Å². The Bertz CT molecular complexity index is 865. The Morgan fingerprint density at radius 1 is 1.10 bits per heavy atom. The number of carbonyl (C=O) groups excluding carboxylic acids is 1. The number of nitrogens with one attached hydrogen (secondary N) is 1. The SMILES string of the molecule is C=C(CCCCC)ONC(=O)c1ccccc1S(=O)(=O)N1CCC2(CCCCC2)CC1. The van der Waals surface area contributed by atoms with Crippen LogP contribution in [0.1, 0.15) is 87.9 Å². The van der Waals surface area contributed by atoms with Gasteiger partial charge in [0.05, 0.1) is 10.5 Å². The van der Waals surface area contributed by atoms with Gasteiger partial charge in [0.2, 0.25) is 10.0 Å². The Morgan fingerprint density at radius 3 is 2.45 bits per heavy atom. The van der Waals surface area contributed by atoms with Crippen LogP contribution in [0.15, 0.2) is 41.5 Å². The molecule has 7 heteroatoms. The molecular weight excluding hydrogens is 412 g/mol. The fourth-order valence-electron chi connectivity index (χ4n) is 4.82. The summed E-state index contributed by atoms with van der Waals surface area (Å²) in [6.07, 6.45) is 11.8. The average Bonchev–Trinajstić information content (AvgIpc) is 2.78. The minimum atomic E-state index is -3.75. The molecule has 0 atom stereocenters. The van der Waals surface area contributed by atoms with Crippen LogP contribution < -0.4 is 5.48 Å². The molecule has 1 aromatic carbocycles. The van der Waals surface area contributed by atoms with Gasteiger partial charge in [-0.05, 0) is 49.7 Å². The lowest BCUT2D eigenvalue weighted by atomic mass is 9.68. The van der Waals surface area contributed by atoms with Gasteiger partial charge in [-0.25, -0.2) is 8.42 Å². The van der Waals surface area contributed by atoms with E-state index in [4.69, 9.17) is 4.84 Å². The minimum Gasteiger partial charge on any atom is -0.384 e. The maximum Gasteiger partial charge on any atom is 0.285 e. The molecule has 1 aromatic rings. The monoisotopic (exact) mass is 448 g/mol. The van der Waals surface area contributed by atoms with E-state index in [1.807, 2.05) is 0 Å². The van der Waals surface area contributed by atoms with Gasteiger partial charge < -0.3 is 4.84 Å². The van der Waals surface area contributed by atoms with Gasteiger partial charge in [0, 0.05) is 19.5 Å². The maximum atomic E-state index is 13.4. The summed E-state index contributed by atoms with van der Waals surface area (Å²) in [5.41, 5.74) is 2.78. The van der Waals surface area contributed by atoms with E-state index in [0.717, 1.165) is 32.1 Å². The lowest BCUT2D eigenvalue weighted by Gasteiger charge is -2.43. The first-order valence-corrected chi connectivity index (χ1v) is 13.1. The number of benzene rings is 1. The second kappa shape index (κ2) is 10.6. The van der Waals surface area contributed by atoms with Crippen molar-refractivity contribution in [2.75, 3.05) is 13.1 Å². The van der Waals surface area contributed by atoms with Gasteiger partial charge in [0.25, 0.3) is 5.91 Å². The van der Waals surface area contributed by atoms with Crippen molar-refractivity contribution in [3.63, 3.8) is 0 Å². The minimum absolute atomic E-state index is 0.0345. The van der Waals surface area contributed by atoms with Gasteiger partial charge in [-0.2, -0.15) is 9.79 Å². The summed E-state index contributed by atoms with van der Waals surface area (Å²) in [5.74, 6) is -0.104. The summed E-state index contributed by atoms with van der Waals surface area (Å²) >= 11 is 0. The molecule has 0 bridgehead atoms. The molecule has 1 spiro atoms. The molecule has 1 aliphatic carbocycles. The van der Waals surface area contributed by atoms with E-state index in [9.17, 15) is 13.2 Å². The van der Waals surface area contributed by atoms with Crippen molar-refractivity contribution >= 4 is 15.9 Å². The zero-order valence-corrected chi connectivity index (χ0v) is 19.5. The highest BCUT2D eigenvalue weighted by molar-refractivity contribution is 7.89. The zero-order valence-electron chi connectivity index (χ0n) is 18.7.